The first kappa shape index (κ1) is 13.7. The summed E-state index contributed by atoms with van der Waals surface area (Å²) in [6, 6.07) is 7.36. The van der Waals surface area contributed by atoms with Crippen LogP contribution in [0.3, 0.4) is 0 Å². The molecule has 0 atom stereocenters. The van der Waals surface area contributed by atoms with Gasteiger partial charge in [-0.05, 0) is 25.5 Å². The van der Waals surface area contributed by atoms with Gasteiger partial charge in [0.25, 0.3) is 0 Å². The summed E-state index contributed by atoms with van der Waals surface area (Å²) in [6.07, 6.45) is 0.933. The molecule has 3 nitrogen and oxygen atoms in total. The fourth-order valence-electron chi connectivity index (χ4n) is 1.60. The Kier molecular flexibility index (Phi) is 4.32. The SMILES string of the molecule is CCCOc1cccc(-c2nc(C)c(F)c(Cl)n2)c1. The van der Waals surface area contributed by atoms with Gasteiger partial charge in [0, 0.05) is 5.56 Å². The smallest absolute Gasteiger partial charge is 0.181 e. The van der Waals surface area contributed by atoms with Crippen LogP contribution in [0.25, 0.3) is 11.4 Å². The fourth-order valence-corrected chi connectivity index (χ4v) is 1.82. The molecule has 0 aliphatic heterocycles. The number of rotatable bonds is 4. The number of halogens is 2. The van der Waals surface area contributed by atoms with Crippen molar-refractivity contribution in [3.8, 4) is 17.1 Å². The topological polar surface area (TPSA) is 35.0 Å². The number of benzene rings is 1. The maximum atomic E-state index is 13.4. The van der Waals surface area contributed by atoms with Crippen LogP contribution in [0.15, 0.2) is 24.3 Å². The van der Waals surface area contributed by atoms with E-state index in [4.69, 9.17) is 16.3 Å². The summed E-state index contributed by atoms with van der Waals surface area (Å²) in [4.78, 5) is 8.05. The number of aryl methyl sites for hydroxylation is 1. The fraction of sp³-hybridized carbons (Fsp3) is 0.286. The van der Waals surface area contributed by atoms with Crippen LogP contribution in [0.4, 0.5) is 4.39 Å². The zero-order chi connectivity index (χ0) is 13.8. The molecule has 0 N–H and O–H groups in total. The summed E-state index contributed by atoms with van der Waals surface area (Å²) in [5, 5.41) is -0.164. The Bertz CT molecular complexity index is 566. The van der Waals surface area contributed by atoms with Crippen LogP contribution in [0.1, 0.15) is 19.0 Å². The molecule has 0 saturated carbocycles. The van der Waals surface area contributed by atoms with Crippen LogP contribution >= 0.6 is 11.6 Å². The lowest BCUT2D eigenvalue weighted by atomic mass is 10.2. The zero-order valence-electron chi connectivity index (χ0n) is 10.8. The van der Waals surface area contributed by atoms with Crippen LogP contribution in [0, 0.1) is 12.7 Å². The maximum absolute atomic E-state index is 13.4. The van der Waals surface area contributed by atoms with Crippen molar-refractivity contribution in [2.24, 2.45) is 0 Å². The predicted molar refractivity (Wildman–Crippen MR) is 73.0 cm³/mol. The standard InChI is InChI=1S/C14H14ClFN2O/c1-3-7-19-11-6-4-5-10(8-11)14-17-9(2)12(16)13(15)18-14/h4-6,8H,3,7H2,1-2H3. The average Bonchev–Trinajstić information content (AvgIpc) is 2.42. The lowest BCUT2D eigenvalue weighted by Crippen LogP contribution is -1.98. The maximum Gasteiger partial charge on any atom is 0.181 e. The second-order valence-electron chi connectivity index (χ2n) is 4.11. The molecule has 1 heterocycles. The molecule has 0 aliphatic carbocycles. The number of ether oxygens (including phenoxy) is 1. The van der Waals surface area contributed by atoms with Crippen LogP contribution in [0.5, 0.6) is 5.75 Å². The quantitative estimate of drug-likeness (QED) is 0.793. The number of hydrogen-bond donors (Lipinski definition) is 0. The molecule has 0 amide bonds. The molecule has 19 heavy (non-hydrogen) atoms. The number of hydrogen-bond acceptors (Lipinski definition) is 3. The van der Waals surface area contributed by atoms with Crippen molar-refractivity contribution in [2.75, 3.05) is 6.61 Å². The molecule has 2 aromatic rings. The highest BCUT2D eigenvalue weighted by Crippen LogP contribution is 2.24. The van der Waals surface area contributed by atoms with Crippen molar-refractivity contribution < 1.29 is 9.13 Å². The Morgan fingerprint density at radius 1 is 1.32 bits per heavy atom. The third-order valence-electron chi connectivity index (χ3n) is 2.54. The Balaban J connectivity index is 2.36. The molecule has 0 bridgehead atoms. The first-order valence-electron chi connectivity index (χ1n) is 6.04. The molecule has 1 aromatic carbocycles. The van der Waals surface area contributed by atoms with E-state index >= 15 is 0 Å². The van der Waals surface area contributed by atoms with E-state index in [0.717, 1.165) is 17.7 Å². The highest BCUT2D eigenvalue weighted by molar-refractivity contribution is 6.29. The van der Waals surface area contributed by atoms with Gasteiger partial charge in [0.05, 0.1) is 12.3 Å². The van der Waals surface area contributed by atoms with Gasteiger partial charge in [-0.25, -0.2) is 14.4 Å². The Labute approximate surface area is 116 Å². The Hall–Kier alpha value is -1.68. The van der Waals surface area contributed by atoms with E-state index in [1.54, 1.807) is 6.92 Å². The second kappa shape index (κ2) is 5.97. The molecule has 1 aromatic heterocycles. The van der Waals surface area contributed by atoms with Crippen molar-refractivity contribution in [3.63, 3.8) is 0 Å². The Morgan fingerprint density at radius 2 is 2.11 bits per heavy atom. The normalized spacial score (nSPS) is 10.5. The van der Waals surface area contributed by atoms with Crippen LogP contribution in [0.2, 0.25) is 5.15 Å². The minimum atomic E-state index is -0.580. The first-order chi connectivity index (χ1) is 9.11. The van der Waals surface area contributed by atoms with E-state index in [2.05, 4.69) is 9.97 Å². The van der Waals surface area contributed by atoms with Gasteiger partial charge < -0.3 is 4.74 Å². The summed E-state index contributed by atoms with van der Waals surface area (Å²) in [7, 11) is 0. The second-order valence-corrected chi connectivity index (χ2v) is 4.47. The summed E-state index contributed by atoms with van der Waals surface area (Å²) in [5.74, 6) is 0.552. The molecule has 0 spiro atoms. The predicted octanol–water partition coefficient (Wildman–Crippen LogP) is 4.03. The van der Waals surface area contributed by atoms with Crippen molar-refractivity contribution in [1.29, 1.82) is 0 Å². The van der Waals surface area contributed by atoms with Gasteiger partial charge in [-0.15, -0.1) is 0 Å². The van der Waals surface area contributed by atoms with Crippen molar-refractivity contribution in [3.05, 3.63) is 40.9 Å². The molecule has 0 fully saturated rings. The van der Waals surface area contributed by atoms with E-state index in [0.29, 0.717) is 12.4 Å². The summed E-state index contributed by atoms with van der Waals surface area (Å²) >= 11 is 5.74. The van der Waals surface area contributed by atoms with Crippen LogP contribution in [-0.2, 0) is 0 Å². The third-order valence-corrected chi connectivity index (χ3v) is 2.79. The largest absolute Gasteiger partial charge is 0.494 e. The average molecular weight is 281 g/mol. The van der Waals surface area contributed by atoms with Gasteiger partial charge in [0.15, 0.2) is 16.8 Å². The van der Waals surface area contributed by atoms with Crippen LogP contribution < -0.4 is 4.74 Å². The Morgan fingerprint density at radius 3 is 2.79 bits per heavy atom. The molecule has 0 radical (unpaired) electrons. The minimum Gasteiger partial charge on any atom is -0.494 e. The highest BCUT2D eigenvalue weighted by Gasteiger charge is 2.11. The van der Waals surface area contributed by atoms with Crippen LogP contribution in [-0.4, -0.2) is 16.6 Å². The molecular formula is C14H14ClFN2O. The first-order valence-corrected chi connectivity index (χ1v) is 6.42. The van der Waals surface area contributed by atoms with E-state index in [1.807, 2.05) is 31.2 Å². The van der Waals surface area contributed by atoms with Crippen molar-refractivity contribution in [1.82, 2.24) is 9.97 Å². The van der Waals surface area contributed by atoms with Gasteiger partial charge in [-0.1, -0.05) is 30.7 Å². The monoisotopic (exact) mass is 280 g/mol. The van der Waals surface area contributed by atoms with Crippen molar-refractivity contribution in [2.45, 2.75) is 20.3 Å². The molecule has 0 aliphatic rings. The van der Waals surface area contributed by atoms with E-state index in [1.165, 1.54) is 0 Å². The van der Waals surface area contributed by atoms with Gasteiger partial charge in [-0.3, -0.25) is 0 Å². The number of nitrogens with zero attached hydrogens (tertiary/aromatic N) is 2. The lowest BCUT2D eigenvalue weighted by Gasteiger charge is -2.07. The van der Waals surface area contributed by atoms with E-state index in [9.17, 15) is 4.39 Å². The van der Waals surface area contributed by atoms with Crippen molar-refractivity contribution >= 4 is 11.6 Å². The highest BCUT2D eigenvalue weighted by atomic mass is 35.5. The van der Waals surface area contributed by atoms with Gasteiger partial charge >= 0.3 is 0 Å². The summed E-state index contributed by atoms with van der Waals surface area (Å²) in [5.41, 5.74) is 0.980. The zero-order valence-corrected chi connectivity index (χ0v) is 11.5. The molecule has 5 heteroatoms. The van der Waals surface area contributed by atoms with E-state index < -0.39 is 5.82 Å². The molecular weight excluding hydrogens is 267 g/mol. The minimum absolute atomic E-state index is 0.164. The molecule has 2 rings (SSSR count). The van der Waals surface area contributed by atoms with Gasteiger partial charge in [-0.2, -0.15) is 0 Å². The summed E-state index contributed by atoms with van der Waals surface area (Å²) in [6.45, 7) is 4.24. The molecule has 0 saturated heterocycles. The summed E-state index contributed by atoms with van der Waals surface area (Å²) < 4.78 is 18.9. The number of aromatic nitrogens is 2. The molecule has 0 unspecified atom stereocenters. The van der Waals surface area contributed by atoms with E-state index in [-0.39, 0.29) is 10.8 Å². The lowest BCUT2D eigenvalue weighted by molar-refractivity contribution is 0.317. The molecule has 100 valence electrons. The third kappa shape index (κ3) is 3.20. The van der Waals surface area contributed by atoms with Gasteiger partial charge in [0.2, 0.25) is 0 Å². The van der Waals surface area contributed by atoms with Gasteiger partial charge in [0.1, 0.15) is 5.75 Å².